The van der Waals surface area contributed by atoms with Gasteiger partial charge in [-0.3, -0.25) is 4.98 Å². The number of hydrogen-bond acceptors (Lipinski definition) is 3. The number of hydrogen-bond donors (Lipinski definition) is 1. The Morgan fingerprint density at radius 2 is 1.76 bits per heavy atom. The van der Waals surface area contributed by atoms with Crippen LogP contribution in [0.5, 0.6) is 0 Å². The van der Waals surface area contributed by atoms with Crippen molar-refractivity contribution in [2.24, 2.45) is 0 Å². The molecule has 1 saturated heterocycles. The van der Waals surface area contributed by atoms with Gasteiger partial charge in [-0.15, -0.1) is 0 Å². The molecular weight excluding hydrogens is 438 g/mol. The van der Waals surface area contributed by atoms with E-state index in [0.29, 0.717) is 0 Å². The third-order valence-electron chi connectivity index (χ3n) is 6.78. The summed E-state index contributed by atoms with van der Waals surface area (Å²) in [4.78, 5) is 9.23. The van der Waals surface area contributed by atoms with Crippen LogP contribution in [0.3, 0.4) is 0 Å². The van der Waals surface area contributed by atoms with Gasteiger partial charge in [0.2, 0.25) is 0 Å². The van der Waals surface area contributed by atoms with E-state index >= 15 is 0 Å². The number of benzene rings is 2. The second kappa shape index (κ2) is 9.20. The third-order valence-corrected chi connectivity index (χ3v) is 7.13. The van der Waals surface area contributed by atoms with Crippen LogP contribution in [0.15, 0.2) is 72.9 Å². The summed E-state index contributed by atoms with van der Waals surface area (Å²) in [6.07, 6.45) is 1.86. The van der Waals surface area contributed by atoms with Gasteiger partial charge in [0.1, 0.15) is 0 Å². The molecule has 4 aromatic rings. The summed E-state index contributed by atoms with van der Waals surface area (Å²) in [7, 11) is 4.20. The number of nitrogens with one attached hydrogen (secondary N) is 1. The van der Waals surface area contributed by atoms with Gasteiger partial charge in [-0.2, -0.15) is 0 Å². The van der Waals surface area contributed by atoms with Crippen molar-refractivity contribution in [3.63, 3.8) is 0 Å². The number of rotatable bonds is 6. The fraction of sp³-hybridized carbons (Fsp3) is 0.286. The van der Waals surface area contributed by atoms with Gasteiger partial charge in [0.25, 0.3) is 0 Å². The van der Waals surface area contributed by atoms with Crippen molar-refractivity contribution in [1.82, 2.24) is 24.7 Å². The zero-order valence-corrected chi connectivity index (χ0v) is 21.0. The Bertz CT molecular complexity index is 1320. The van der Waals surface area contributed by atoms with Gasteiger partial charge in [0.15, 0.2) is 5.11 Å². The molecule has 2 unspecified atom stereocenters. The highest BCUT2D eigenvalue weighted by Crippen LogP contribution is 2.41. The standard InChI is InChI=1S/C28H31N5S/c1-19-18-23(20(2)33(19)25-14-9-11-21-10-5-6-12-22(21)25)27-26(24-13-7-8-15-29-24)30-28(34)32(27)17-16-31(3)4/h5-15,18,26-27H,16-17H2,1-4H3,(H,30,34). The topological polar surface area (TPSA) is 36.3 Å². The Kier molecular flexibility index (Phi) is 6.11. The van der Waals surface area contributed by atoms with E-state index in [9.17, 15) is 0 Å². The number of thiocarbonyl (C=S) groups is 1. The second-order valence-corrected chi connectivity index (χ2v) is 9.67. The molecule has 3 heterocycles. The van der Waals surface area contributed by atoms with Crippen LogP contribution in [0.1, 0.15) is 34.7 Å². The minimum absolute atomic E-state index is 0.00247. The summed E-state index contributed by atoms with van der Waals surface area (Å²) in [6, 6.07) is 23.6. The predicted octanol–water partition coefficient (Wildman–Crippen LogP) is 5.18. The SMILES string of the molecule is Cc1cc(C2C(c3ccccn3)NC(=S)N2CCN(C)C)c(C)n1-c1cccc2ccccc12. The third kappa shape index (κ3) is 3.97. The Labute approximate surface area is 207 Å². The first-order chi connectivity index (χ1) is 16.5. The summed E-state index contributed by atoms with van der Waals surface area (Å²) < 4.78 is 2.39. The van der Waals surface area contributed by atoms with E-state index in [-0.39, 0.29) is 12.1 Å². The average Bonchev–Trinajstić information content (AvgIpc) is 3.32. The number of nitrogens with zero attached hydrogens (tertiary/aromatic N) is 4. The minimum Gasteiger partial charge on any atom is -0.352 e. The van der Waals surface area contributed by atoms with E-state index in [1.165, 1.54) is 33.4 Å². The molecule has 0 amide bonds. The summed E-state index contributed by atoms with van der Waals surface area (Å²) in [5, 5.41) is 6.88. The van der Waals surface area contributed by atoms with Crippen LogP contribution in [0.25, 0.3) is 16.5 Å². The maximum absolute atomic E-state index is 5.85. The molecular formula is C28H31N5S. The van der Waals surface area contributed by atoms with E-state index in [0.717, 1.165) is 23.9 Å². The largest absolute Gasteiger partial charge is 0.352 e. The van der Waals surface area contributed by atoms with Gasteiger partial charge in [-0.25, -0.2) is 0 Å². The summed E-state index contributed by atoms with van der Waals surface area (Å²) >= 11 is 5.85. The Balaban J connectivity index is 1.64. The zero-order chi connectivity index (χ0) is 23.8. The van der Waals surface area contributed by atoms with Gasteiger partial charge in [0, 0.05) is 36.1 Å². The van der Waals surface area contributed by atoms with Crippen LogP contribution >= 0.6 is 12.2 Å². The first kappa shape index (κ1) is 22.6. The molecule has 0 spiro atoms. The monoisotopic (exact) mass is 469 g/mol. The Hall–Kier alpha value is -3.22. The van der Waals surface area contributed by atoms with Crippen LogP contribution in [0, 0.1) is 13.8 Å². The van der Waals surface area contributed by atoms with Crippen LogP contribution < -0.4 is 5.32 Å². The molecule has 5 nitrogen and oxygen atoms in total. The highest BCUT2D eigenvalue weighted by Gasteiger charge is 2.41. The molecule has 0 radical (unpaired) electrons. The van der Waals surface area contributed by atoms with Crippen LogP contribution in [-0.4, -0.2) is 51.6 Å². The highest BCUT2D eigenvalue weighted by molar-refractivity contribution is 7.80. The van der Waals surface area contributed by atoms with Gasteiger partial charge < -0.3 is 19.7 Å². The smallest absolute Gasteiger partial charge is 0.170 e. The molecule has 174 valence electrons. The summed E-state index contributed by atoms with van der Waals surface area (Å²) in [5.74, 6) is 0. The highest BCUT2D eigenvalue weighted by atomic mass is 32.1. The lowest BCUT2D eigenvalue weighted by Crippen LogP contribution is -2.35. The van der Waals surface area contributed by atoms with E-state index in [1.54, 1.807) is 0 Å². The normalized spacial score (nSPS) is 18.1. The van der Waals surface area contributed by atoms with Crippen molar-refractivity contribution in [3.8, 4) is 5.69 Å². The number of aromatic nitrogens is 2. The molecule has 0 bridgehead atoms. The van der Waals surface area contributed by atoms with Gasteiger partial charge in [-0.1, -0.05) is 42.5 Å². The molecule has 1 aliphatic heterocycles. The van der Waals surface area contributed by atoms with Gasteiger partial charge in [0.05, 0.1) is 23.5 Å². The molecule has 1 fully saturated rings. The minimum atomic E-state index is -0.00247. The molecule has 1 N–H and O–H groups in total. The Morgan fingerprint density at radius 1 is 1.00 bits per heavy atom. The molecule has 2 aromatic carbocycles. The van der Waals surface area contributed by atoms with E-state index in [2.05, 4.69) is 102 Å². The van der Waals surface area contributed by atoms with E-state index < -0.39 is 0 Å². The maximum Gasteiger partial charge on any atom is 0.170 e. The lowest BCUT2D eigenvalue weighted by molar-refractivity contribution is 0.277. The Morgan fingerprint density at radius 3 is 2.53 bits per heavy atom. The molecule has 5 rings (SSSR count). The molecule has 2 aromatic heterocycles. The zero-order valence-electron chi connectivity index (χ0n) is 20.2. The molecule has 34 heavy (non-hydrogen) atoms. The van der Waals surface area contributed by atoms with Crippen molar-refractivity contribution in [1.29, 1.82) is 0 Å². The van der Waals surface area contributed by atoms with Crippen molar-refractivity contribution < 1.29 is 0 Å². The summed E-state index contributed by atoms with van der Waals surface area (Å²) in [6.45, 7) is 6.20. The maximum atomic E-state index is 5.85. The second-order valence-electron chi connectivity index (χ2n) is 9.28. The van der Waals surface area contributed by atoms with Crippen LogP contribution in [-0.2, 0) is 0 Å². The van der Waals surface area contributed by atoms with Crippen LogP contribution in [0.4, 0.5) is 0 Å². The molecule has 0 aliphatic carbocycles. The van der Waals surface area contributed by atoms with Crippen molar-refractivity contribution >= 4 is 28.1 Å². The lowest BCUT2D eigenvalue weighted by Gasteiger charge is -2.29. The molecule has 2 atom stereocenters. The molecule has 0 saturated carbocycles. The number of aryl methyl sites for hydroxylation is 1. The van der Waals surface area contributed by atoms with Gasteiger partial charge in [-0.05, 0) is 75.4 Å². The fourth-order valence-corrected chi connectivity index (χ4v) is 5.49. The summed E-state index contributed by atoms with van der Waals surface area (Å²) in [5.41, 5.74) is 5.96. The van der Waals surface area contributed by atoms with E-state index in [4.69, 9.17) is 17.2 Å². The van der Waals surface area contributed by atoms with Crippen molar-refractivity contribution in [3.05, 3.63) is 95.6 Å². The first-order valence-electron chi connectivity index (χ1n) is 11.8. The van der Waals surface area contributed by atoms with Gasteiger partial charge >= 0.3 is 0 Å². The molecule has 1 aliphatic rings. The predicted molar refractivity (Wildman–Crippen MR) is 143 cm³/mol. The van der Waals surface area contributed by atoms with Crippen molar-refractivity contribution in [2.75, 3.05) is 27.2 Å². The average molecular weight is 470 g/mol. The quantitative estimate of drug-likeness (QED) is 0.394. The lowest BCUT2D eigenvalue weighted by atomic mass is 9.96. The number of fused-ring (bicyclic) bond motifs is 1. The van der Waals surface area contributed by atoms with E-state index in [1.807, 2.05) is 18.3 Å². The van der Waals surface area contributed by atoms with Crippen molar-refractivity contribution in [2.45, 2.75) is 25.9 Å². The first-order valence-corrected chi connectivity index (χ1v) is 12.2. The van der Waals surface area contributed by atoms with Crippen LogP contribution in [0.2, 0.25) is 0 Å². The number of pyridine rings is 1. The molecule has 6 heteroatoms. The fourth-order valence-electron chi connectivity index (χ4n) is 5.15. The number of likely N-dealkylation sites (N-methyl/N-ethyl adjacent to an activating group) is 1.